The van der Waals surface area contributed by atoms with Gasteiger partial charge < -0.3 is 0 Å². The predicted molar refractivity (Wildman–Crippen MR) is 62.4 cm³/mol. The Hall–Kier alpha value is -1.70. The lowest BCUT2D eigenvalue weighted by atomic mass is 9.97. The second kappa shape index (κ2) is 4.88. The van der Waals surface area contributed by atoms with E-state index in [-0.39, 0.29) is 11.6 Å². The van der Waals surface area contributed by atoms with Crippen molar-refractivity contribution >= 4 is 11.9 Å². The van der Waals surface area contributed by atoms with E-state index in [1.165, 1.54) is 12.1 Å². The molecule has 0 spiro atoms. The summed E-state index contributed by atoms with van der Waals surface area (Å²) in [6.45, 7) is 0. The first-order chi connectivity index (χ1) is 7.75. The van der Waals surface area contributed by atoms with Crippen molar-refractivity contribution in [1.29, 1.82) is 0 Å². The van der Waals surface area contributed by atoms with Crippen LogP contribution in [-0.2, 0) is 4.79 Å². The number of Topliss-reactive ketones (excluding diaryl/α,β-unsaturated/α-hetero) is 1. The minimum atomic E-state index is -0.245. The summed E-state index contributed by atoms with van der Waals surface area (Å²) in [4.78, 5) is 11.5. The SMILES string of the molecule is O=C1CCCC=C1/C=C/c1ccc(F)cc1. The van der Waals surface area contributed by atoms with Crippen LogP contribution in [0.4, 0.5) is 4.39 Å². The molecule has 0 saturated carbocycles. The molecule has 0 N–H and O–H groups in total. The molecule has 0 saturated heterocycles. The molecule has 1 nitrogen and oxygen atoms in total. The Morgan fingerprint density at radius 1 is 1.12 bits per heavy atom. The smallest absolute Gasteiger partial charge is 0.162 e. The maximum atomic E-state index is 12.7. The van der Waals surface area contributed by atoms with Gasteiger partial charge in [0.05, 0.1) is 0 Å². The van der Waals surface area contributed by atoms with E-state index in [1.807, 2.05) is 18.2 Å². The van der Waals surface area contributed by atoms with E-state index >= 15 is 0 Å². The number of carbonyl (C=O) groups is 1. The third kappa shape index (κ3) is 2.66. The van der Waals surface area contributed by atoms with Crippen LogP contribution in [0, 0.1) is 5.82 Å². The lowest BCUT2D eigenvalue weighted by molar-refractivity contribution is -0.115. The summed E-state index contributed by atoms with van der Waals surface area (Å²) < 4.78 is 12.7. The first-order valence-electron chi connectivity index (χ1n) is 5.43. The van der Waals surface area contributed by atoms with Gasteiger partial charge in [0.2, 0.25) is 0 Å². The maximum absolute atomic E-state index is 12.7. The highest BCUT2D eigenvalue weighted by atomic mass is 19.1. The largest absolute Gasteiger partial charge is 0.294 e. The average molecular weight is 216 g/mol. The van der Waals surface area contributed by atoms with Crippen molar-refractivity contribution in [3.05, 3.63) is 53.4 Å². The molecule has 2 heteroatoms. The molecule has 0 bridgehead atoms. The van der Waals surface area contributed by atoms with Gasteiger partial charge in [-0.1, -0.05) is 30.4 Å². The van der Waals surface area contributed by atoms with Gasteiger partial charge in [-0.15, -0.1) is 0 Å². The van der Waals surface area contributed by atoms with Gasteiger partial charge >= 0.3 is 0 Å². The molecule has 0 aromatic heterocycles. The van der Waals surface area contributed by atoms with Crippen LogP contribution in [0.3, 0.4) is 0 Å². The van der Waals surface area contributed by atoms with E-state index in [1.54, 1.807) is 12.1 Å². The summed E-state index contributed by atoms with van der Waals surface area (Å²) in [6, 6.07) is 6.22. The van der Waals surface area contributed by atoms with E-state index in [2.05, 4.69) is 0 Å². The Morgan fingerprint density at radius 3 is 2.56 bits per heavy atom. The zero-order valence-electron chi connectivity index (χ0n) is 8.95. The van der Waals surface area contributed by atoms with Gasteiger partial charge in [-0.3, -0.25) is 4.79 Å². The van der Waals surface area contributed by atoms with Crippen molar-refractivity contribution in [3.8, 4) is 0 Å². The summed E-state index contributed by atoms with van der Waals surface area (Å²) >= 11 is 0. The molecule has 82 valence electrons. The van der Waals surface area contributed by atoms with E-state index in [0.29, 0.717) is 6.42 Å². The molecule has 0 amide bonds. The Kier molecular flexibility index (Phi) is 3.30. The van der Waals surface area contributed by atoms with Crippen molar-refractivity contribution in [3.63, 3.8) is 0 Å². The Balaban J connectivity index is 2.11. The number of rotatable bonds is 2. The molecular formula is C14H13FO. The highest BCUT2D eigenvalue weighted by molar-refractivity contribution is 5.99. The quantitative estimate of drug-likeness (QED) is 0.739. The van der Waals surface area contributed by atoms with Crippen molar-refractivity contribution in [2.75, 3.05) is 0 Å². The minimum Gasteiger partial charge on any atom is -0.294 e. The third-order valence-corrected chi connectivity index (χ3v) is 2.62. The minimum absolute atomic E-state index is 0.199. The highest BCUT2D eigenvalue weighted by Gasteiger charge is 2.09. The molecule has 1 aliphatic rings. The fraction of sp³-hybridized carbons (Fsp3) is 0.214. The monoisotopic (exact) mass is 216 g/mol. The van der Waals surface area contributed by atoms with Crippen LogP contribution < -0.4 is 0 Å². The van der Waals surface area contributed by atoms with E-state index in [4.69, 9.17) is 0 Å². The lowest BCUT2D eigenvalue weighted by Gasteiger charge is -2.07. The number of hydrogen-bond donors (Lipinski definition) is 0. The topological polar surface area (TPSA) is 17.1 Å². The maximum Gasteiger partial charge on any atom is 0.162 e. The standard InChI is InChI=1S/C14H13FO/c15-13-9-6-11(7-10-13)5-8-12-3-1-2-4-14(12)16/h3,5-10H,1-2,4H2/b8-5+. The normalized spacial score (nSPS) is 16.6. The summed E-state index contributed by atoms with van der Waals surface area (Å²) in [5.74, 6) is -0.0466. The molecule has 0 radical (unpaired) electrons. The van der Waals surface area contributed by atoms with Crippen molar-refractivity contribution in [2.24, 2.45) is 0 Å². The van der Waals surface area contributed by atoms with E-state index in [0.717, 1.165) is 24.0 Å². The lowest BCUT2D eigenvalue weighted by Crippen LogP contribution is -2.04. The van der Waals surface area contributed by atoms with Crippen LogP contribution in [-0.4, -0.2) is 5.78 Å². The van der Waals surface area contributed by atoms with Gasteiger partial charge in [-0.05, 0) is 30.5 Å². The van der Waals surface area contributed by atoms with Gasteiger partial charge in [0.15, 0.2) is 5.78 Å². The van der Waals surface area contributed by atoms with Gasteiger partial charge in [-0.2, -0.15) is 0 Å². The van der Waals surface area contributed by atoms with Crippen molar-refractivity contribution < 1.29 is 9.18 Å². The van der Waals surface area contributed by atoms with Gasteiger partial charge in [0, 0.05) is 12.0 Å². The Labute approximate surface area is 94.3 Å². The molecule has 2 rings (SSSR count). The van der Waals surface area contributed by atoms with Crippen LogP contribution in [0.25, 0.3) is 6.08 Å². The molecule has 1 aliphatic carbocycles. The molecule has 0 atom stereocenters. The summed E-state index contributed by atoms with van der Waals surface area (Å²) in [7, 11) is 0. The Morgan fingerprint density at radius 2 is 1.88 bits per heavy atom. The molecule has 0 heterocycles. The summed E-state index contributed by atoms with van der Waals surface area (Å²) in [6.07, 6.45) is 8.18. The van der Waals surface area contributed by atoms with E-state index in [9.17, 15) is 9.18 Å². The molecular weight excluding hydrogens is 203 g/mol. The third-order valence-electron chi connectivity index (χ3n) is 2.62. The first-order valence-corrected chi connectivity index (χ1v) is 5.43. The molecule has 0 fully saturated rings. The zero-order valence-corrected chi connectivity index (χ0v) is 8.95. The highest BCUT2D eigenvalue weighted by Crippen LogP contribution is 2.16. The second-order valence-corrected chi connectivity index (χ2v) is 3.86. The summed E-state index contributed by atoms with van der Waals surface area (Å²) in [5, 5.41) is 0. The van der Waals surface area contributed by atoms with Gasteiger partial charge in [0.25, 0.3) is 0 Å². The number of carbonyl (C=O) groups excluding carboxylic acids is 1. The second-order valence-electron chi connectivity index (χ2n) is 3.86. The number of allylic oxidation sites excluding steroid dienone is 3. The van der Waals surface area contributed by atoms with Crippen LogP contribution in [0.15, 0.2) is 42.0 Å². The molecule has 16 heavy (non-hydrogen) atoms. The Bertz CT molecular complexity index is 440. The predicted octanol–water partition coefficient (Wildman–Crippen LogP) is 3.52. The number of hydrogen-bond acceptors (Lipinski definition) is 1. The van der Waals surface area contributed by atoms with Gasteiger partial charge in [0.1, 0.15) is 5.82 Å². The van der Waals surface area contributed by atoms with Crippen molar-refractivity contribution in [2.45, 2.75) is 19.3 Å². The number of benzene rings is 1. The van der Waals surface area contributed by atoms with Crippen LogP contribution in [0.1, 0.15) is 24.8 Å². The fourth-order valence-corrected chi connectivity index (χ4v) is 1.70. The summed E-state index contributed by atoms with van der Waals surface area (Å²) in [5.41, 5.74) is 1.68. The van der Waals surface area contributed by atoms with Crippen LogP contribution in [0.2, 0.25) is 0 Å². The zero-order chi connectivity index (χ0) is 11.4. The van der Waals surface area contributed by atoms with E-state index < -0.39 is 0 Å². The molecule has 1 aromatic carbocycles. The molecule has 0 unspecified atom stereocenters. The number of ketones is 1. The average Bonchev–Trinajstić information content (AvgIpc) is 2.30. The fourth-order valence-electron chi connectivity index (χ4n) is 1.70. The van der Waals surface area contributed by atoms with Crippen LogP contribution >= 0.6 is 0 Å². The van der Waals surface area contributed by atoms with Crippen molar-refractivity contribution in [1.82, 2.24) is 0 Å². The van der Waals surface area contributed by atoms with Gasteiger partial charge in [-0.25, -0.2) is 4.39 Å². The van der Waals surface area contributed by atoms with Crippen LogP contribution in [0.5, 0.6) is 0 Å². The molecule has 0 aliphatic heterocycles. The first kappa shape index (κ1) is 10.8. The number of halogens is 1. The molecule has 1 aromatic rings.